The third-order valence-corrected chi connectivity index (χ3v) is 5.68. The number of anilines is 1. The summed E-state index contributed by atoms with van der Waals surface area (Å²) in [7, 11) is -3.94. The molecule has 0 aromatic heterocycles. The molecule has 0 aliphatic carbocycles. The minimum Gasteiger partial charge on any atom is -0.311 e. The van der Waals surface area contributed by atoms with Crippen molar-refractivity contribution in [2.24, 2.45) is 0 Å². The van der Waals surface area contributed by atoms with E-state index in [2.05, 4.69) is 4.72 Å². The number of hydrogen-bond acceptors (Lipinski definition) is 3. The number of nitrogens with one attached hydrogen (secondary N) is 1. The summed E-state index contributed by atoms with van der Waals surface area (Å²) in [5.41, 5.74) is 2.73. The van der Waals surface area contributed by atoms with Crippen LogP contribution in [0, 0.1) is 25.5 Å². The monoisotopic (exact) mass is 394 g/mol. The first-order valence-electron chi connectivity index (χ1n) is 8.47. The van der Waals surface area contributed by atoms with Gasteiger partial charge in [0.1, 0.15) is 17.7 Å². The second kappa shape index (κ2) is 7.36. The van der Waals surface area contributed by atoms with Crippen molar-refractivity contribution in [2.45, 2.75) is 32.1 Å². The van der Waals surface area contributed by atoms with Crippen LogP contribution in [0.4, 0.5) is 14.5 Å². The van der Waals surface area contributed by atoms with Gasteiger partial charge in [0, 0.05) is 18.3 Å². The predicted molar refractivity (Wildman–Crippen MR) is 98.8 cm³/mol. The minimum atomic E-state index is -3.94. The molecule has 1 amide bonds. The topological polar surface area (TPSA) is 66.5 Å². The molecule has 1 aliphatic heterocycles. The van der Waals surface area contributed by atoms with Crippen LogP contribution in [0.5, 0.6) is 0 Å². The van der Waals surface area contributed by atoms with Crippen molar-refractivity contribution >= 4 is 21.6 Å². The molecule has 0 bridgehead atoms. The fraction of sp³-hybridized carbons (Fsp3) is 0.316. The number of aryl methyl sites for hydroxylation is 2. The van der Waals surface area contributed by atoms with Crippen molar-refractivity contribution in [3.05, 3.63) is 64.7 Å². The van der Waals surface area contributed by atoms with E-state index in [1.54, 1.807) is 4.90 Å². The Hall–Kier alpha value is -2.32. The average Bonchev–Trinajstić information content (AvgIpc) is 2.85. The van der Waals surface area contributed by atoms with Gasteiger partial charge in [-0.1, -0.05) is 6.07 Å². The number of hydrogen-bond donors (Lipinski definition) is 1. The lowest BCUT2D eigenvalue weighted by Crippen LogP contribution is -2.42. The molecule has 1 aliphatic rings. The van der Waals surface area contributed by atoms with Crippen LogP contribution in [0.3, 0.4) is 0 Å². The molecule has 2 aromatic rings. The summed E-state index contributed by atoms with van der Waals surface area (Å²) < 4.78 is 53.6. The lowest BCUT2D eigenvalue weighted by atomic mass is 10.1. The molecule has 3 rings (SSSR count). The Morgan fingerprint density at radius 3 is 2.22 bits per heavy atom. The summed E-state index contributed by atoms with van der Waals surface area (Å²) in [6.07, 6.45) is 0.322. The summed E-state index contributed by atoms with van der Waals surface area (Å²) in [5, 5.41) is 0. The van der Waals surface area contributed by atoms with Gasteiger partial charge in [-0.25, -0.2) is 21.9 Å². The molecule has 1 saturated heterocycles. The molecule has 1 fully saturated rings. The highest BCUT2D eigenvalue weighted by molar-refractivity contribution is 7.88. The van der Waals surface area contributed by atoms with Gasteiger partial charge in [0.15, 0.2) is 0 Å². The maximum atomic E-state index is 13.3. The lowest BCUT2D eigenvalue weighted by Gasteiger charge is -2.18. The van der Waals surface area contributed by atoms with Gasteiger partial charge in [-0.05, 0) is 61.2 Å². The maximum Gasteiger partial charge on any atom is 0.245 e. The van der Waals surface area contributed by atoms with Gasteiger partial charge in [-0.15, -0.1) is 0 Å². The molecule has 8 heteroatoms. The van der Waals surface area contributed by atoms with Gasteiger partial charge < -0.3 is 4.90 Å². The van der Waals surface area contributed by atoms with Crippen LogP contribution in [0.2, 0.25) is 0 Å². The van der Waals surface area contributed by atoms with Crippen LogP contribution < -0.4 is 9.62 Å². The third-order valence-electron chi connectivity index (χ3n) is 4.32. The Morgan fingerprint density at radius 2 is 1.63 bits per heavy atom. The Kier molecular flexibility index (Phi) is 5.30. The molecule has 1 atom stereocenters. The second-order valence-corrected chi connectivity index (χ2v) is 8.59. The fourth-order valence-corrected chi connectivity index (χ4v) is 4.67. The first-order valence-corrected chi connectivity index (χ1v) is 10.1. The zero-order valence-corrected chi connectivity index (χ0v) is 15.8. The maximum absolute atomic E-state index is 13.3. The second-order valence-electron chi connectivity index (χ2n) is 6.83. The highest BCUT2D eigenvalue weighted by atomic mass is 32.2. The van der Waals surface area contributed by atoms with E-state index in [4.69, 9.17) is 0 Å². The van der Waals surface area contributed by atoms with Crippen molar-refractivity contribution in [3.8, 4) is 0 Å². The van der Waals surface area contributed by atoms with Gasteiger partial charge in [0.05, 0.1) is 5.75 Å². The van der Waals surface area contributed by atoms with E-state index in [1.165, 1.54) is 0 Å². The van der Waals surface area contributed by atoms with Gasteiger partial charge in [-0.2, -0.15) is 0 Å². The molecule has 144 valence electrons. The van der Waals surface area contributed by atoms with Gasteiger partial charge >= 0.3 is 0 Å². The highest BCUT2D eigenvalue weighted by Gasteiger charge is 2.35. The number of benzene rings is 2. The SMILES string of the molecule is Cc1cc(C)cc(N2CC[C@H](NS(=O)(=O)Cc3cc(F)cc(F)c3)C2=O)c1. The van der Waals surface area contributed by atoms with E-state index in [9.17, 15) is 22.0 Å². The van der Waals surface area contributed by atoms with E-state index in [-0.39, 0.29) is 11.5 Å². The standard InChI is InChI=1S/C19H20F2N2O3S/c1-12-5-13(2)7-17(6-12)23-4-3-18(19(23)24)22-27(25,26)11-14-8-15(20)10-16(21)9-14/h5-10,18,22H,3-4,11H2,1-2H3/t18-/m0/s1. The Labute approximate surface area is 157 Å². The normalized spacial score (nSPS) is 17.6. The molecular weight excluding hydrogens is 374 g/mol. The van der Waals surface area contributed by atoms with E-state index in [1.807, 2.05) is 32.0 Å². The van der Waals surface area contributed by atoms with E-state index < -0.39 is 33.5 Å². The van der Waals surface area contributed by atoms with Crippen LogP contribution in [0.1, 0.15) is 23.1 Å². The van der Waals surface area contributed by atoms with Crippen molar-refractivity contribution < 1.29 is 22.0 Å². The number of amides is 1. The number of rotatable bonds is 5. The smallest absolute Gasteiger partial charge is 0.245 e. The zero-order chi connectivity index (χ0) is 19.8. The Balaban J connectivity index is 1.73. The molecule has 0 spiro atoms. The molecule has 0 unspecified atom stereocenters. The number of sulfonamides is 1. The van der Waals surface area contributed by atoms with E-state index >= 15 is 0 Å². The van der Waals surface area contributed by atoms with Gasteiger partial charge in [0.25, 0.3) is 0 Å². The average molecular weight is 394 g/mol. The lowest BCUT2D eigenvalue weighted by molar-refractivity contribution is -0.118. The van der Waals surface area contributed by atoms with Crippen molar-refractivity contribution in [1.29, 1.82) is 0 Å². The predicted octanol–water partition coefficient (Wildman–Crippen LogP) is 2.81. The first kappa shape index (κ1) is 19.4. The van der Waals surface area contributed by atoms with Crippen molar-refractivity contribution in [2.75, 3.05) is 11.4 Å². The molecule has 0 radical (unpaired) electrons. The van der Waals surface area contributed by atoms with Crippen LogP contribution >= 0.6 is 0 Å². The highest BCUT2D eigenvalue weighted by Crippen LogP contribution is 2.24. The molecule has 1 N–H and O–H groups in total. The van der Waals surface area contributed by atoms with Crippen LogP contribution in [-0.2, 0) is 20.6 Å². The summed E-state index contributed by atoms with van der Waals surface area (Å²) >= 11 is 0. The number of carbonyl (C=O) groups excluding carboxylic acids is 1. The quantitative estimate of drug-likeness (QED) is 0.848. The van der Waals surface area contributed by atoms with Crippen molar-refractivity contribution in [1.82, 2.24) is 4.72 Å². The molecule has 27 heavy (non-hydrogen) atoms. The van der Waals surface area contributed by atoms with E-state index in [0.717, 1.165) is 28.9 Å². The third kappa shape index (κ3) is 4.70. The molecule has 1 heterocycles. The van der Waals surface area contributed by atoms with Gasteiger partial charge in [-0.3, -0.25) is 4.79 Å². The van der Waals surface area contributed by atoms with Crippen LogP contribution in [0.25, 0.3) is 0 Å². The number of halogens is 2. The fourth-order valence-electron chi connectivity index (χ4n) is 3.32. The van der Waals surface area contributed by atoms with E-state index in [0.29, 0.717) is 19.0 Å². The van der Waals surface area contributed by atoms with Crippen molar-refractivity contribution in [3.63, 3.8) is 0 Å². The Morgan fingerprint density at radius 1 is 1.04 bits per heavy atom. The molecule has 0 saturated carbocycles. The molecule has 2 aromatic carbocycles. The summed E-state index contributed by atoms with van der Waals surface area (Å²) in [5.74, 6) is -2.64. The first-order chi connectivity index (χ1) is 12.6. The summed E-state index contributed by atoms with van der Waals surface area (Å²) in [4.78, 5) is 14.2. The molecular formula is C19H20F2N2O3S. The minimum absolute atomic E-state index is 0.0170. The molecule has 5 nitrogen and oxygen atoms in total. The zero-order valence-electron chi connectivity index (χ0n) is 15.0. The van der Waals surface area contributed by atoms with Crippen LogP contribution in [0.15, 0.2) is 36.4 Å². The summed E-state index contributed by atoms with van der Waals surface area (Å²) in [6, 6.07) is 7.43. The number of nitrogens with zero attached hydrogens (tertiary/aromatic N) is 1. The number of carbonyl (C=O) groups is 1. The Bertz CT molecular complexity index is 952. The summed E-state index contributed by atoms with van der Waals surface area (Å²) in [6.45, 7) is 4.24. The van der Waals surface area contributed by atoms with Gasteiger partial charge in [0.2, 0.25) is 15.9 Å². The largest absolute Gasteiger partial charge is 0.311 e. The van der Waals surface area contributed by atoms with Crippen LogP contribution in [-0.4, -0.2) is 26.9 Å².